The van der Waals surface area contributed by atoms with E-state index in [0.29, 0.717) is 11.6 Å². The van der Waals surface area contributed by atoms with Crippen LogP contribution in [0.15, 0.2) is 462 Å². The van der Waals surface area contributed by atoms with Crippen molar-refractivity contribution in [2.24, 2.45) is 0 Å². The molecule has 1 aliphatic rings. The number of rotatable bonds is 13. The molecule has 0 radical (unpaired) electrons. The molecule has 0 saturated heterocycles. The number of hydrogen-bond acceptors (Lipinski definition) is 6. The minimum atomic E-state index is -0.106. The van der Waals surface area contributed by atoms with Crippen molar-refractivity contribution < 1.29 is 0 Å². The quantitative estimate of drug-likeness (QED) is 0.107. The molecule has 0 spiro atoms. The Morgan fingerprint density at radius 1 is 0.195 bits per heavy atom. The number of pyridine rings is 2. The van der Waals surface area contributed by atoms with Crippen LogP contribution in [-0.2, 0) is 5.41 Å². The summed E-state index contributed by atoms with van der Waals surface area (Å²) >= 11 is 0. The van der Waals surface area contributed by atoms with Crippen LogP contribution in [0.3, 0.4) is 0 Å². The second-order valence-electron chi connectivity index (χ2n) is 35.2. The van der Waals surface area contributed by atoms with E-state index < -0.39 is 0 Å². The molecule has 0 bridgehead atoms. The summed E-state index contributed by atoms with van der Waals surface area (Å²) in [5.41, 5.74) is 33.4. The molecule has 133 heavy (non-hydrogen) atoms. The lowest BCUT2D eigenvalue weighted by Crippen LogP contribution is -2.15. The summed E-state index contributed by atoms with van der Waals surface area (Å²) in [7, 11) is 0. The maximum Gasteiger partial charge on any atom is 0.160 e. The molecule has 0 atom stereocenters. The highest BCUT2D eigenvalue weighted by molar-refractivity contribution is 6.23. The largest absolute Gasteiger partial charge is 0.309 e. The van der Waals surface area contributed by atoms with Crippen molar-refractivity contribution in [2.75, 3.05) is 0 Å². The molecule has 8 nitrogen and oxygen atoms in total. The zero-order valence-corrected chi connectivity index (χ0v) is 73.0. The summed E-state index contributed by atoms with van der Waals surface area (Å²) < 4.78 is 4.72. The van der Waals surface area contributed by atoms with Gasteiger partial charge in [-0.15, -0.1) is 0 Å². The van der Waals surface area contributed by atoms with Crippen LogP contribution in [0.25, 0.3) is 243 Å². The Balaban J connectivity index is 0.000000143. The molecular formula is C125H82N8. The Hall–Kier alpha value is -17.5. The van der Waals surface area contributed by atoms with Gasteiger partial charge in [-0.1, -0.05) is 366 Å². The number of benzene rings is 19. The van der Waals surface area contributed by atoms with Gasteiger partial charge >= 0.3 is 0 Å². The van der Waals surface area contributed by atoms with Crippen molar-refractivity contribution in [3.05, 3.63) is 473 Å². The van der Waals surface area contributed by atoms with Gasteiger partial charge in [0.05, 0.1) is 44.8 Å². The molecule has 0 N–H and O–H groups in total. The van der Waals surface area contributed by atoms with Crippen molar-refractivity contribution in [3.8, 4) is 146 Å². The Labute approximate surface area is 769 Å². The standard InChI is InChI=1S/C63H40N4.C62H42N4/c1-3-13-41(14-4-1)43-29-32-50(33-30-43)67-59-34-31-49(38-55(59)56-40-64-36-35-60(56)67)58-39-57(48-28-23-42-15-7-8-18-47(42)37-48)65-63(66-58)46-26-24-45(25-27-46)62-53-21-11-9-19-51(53)61(44-16-5-2-6-17-44)52-20-10-12-22-54(52)62;1-62(2)53-27-14-13-22-45(53)46-30-29-44(36-54(46)62)66-57-31-28-41(35-51(57)52-38-63-33-32-58(52)66)56-37-55(39-16-5-3-6-17-39)64-61(65-56)43-21-15-20-42(34-43)60-49-25-11-9-23-47(49)59(40-18-7-4-8-19-40)48-24-10-12-26-50(48)60/h1-40H;3-38H,1-2H3. The number of fused-ring (bicyclic) bond motifs is 14. The fourth-order valence-corrected chi connectivity index (χ4v) is 20.9. The smallest absolute Gasteiger partial charge is 0.160 e. The Bertz CT molecular complexity index is 8840. The van der Waals surface area contributed by atoms with E-state index in [9.17, 15) is 0 Å². The van der Waals surface area contributed by atoms with Crippen molar-refractivity contribution in [1.29, 1.82) is 0 Å². The fourth-order valence-electron chi connectivity index (χ4n) is 20.9. The lowest BCUT2D eigenvalue weighted by atomic mass is 9.82. The molecule has 0 aliphatic heterocycles. The van der Waals surface area contributed by atoms with E-state index in [-0.39, 0.29) is 5.41 Å². The second kappa shape index (κ2) is 32.1. The van der Waals surface area contributed by atoms with Gasteiger partial charge in [0.2, 0.25) is 0 Å². The molecular weight excluding hydrogens is 1610 g/mol. The first-order valence-corrected chi connectivity index (χ1v) is 45.4. The van der Waals surface area contributed by atoms with Gasteiger partial charge in [-0.25, -0.2) is 19.9 Å². The van der Waals surface area contributed by atoms with E-state index in [1.807, 2.05) is 30.9 Å². The summed E-state index contributed by atoms with van der Waals surface area (Å²) in [4.78, 5) is 30.6. The van der Waals surface area contributed by atoms with Gasteiger partial charge in [-0.3, -0.25) is 9.97 Å². The van der Waals surface area contributed by atoms with E-state index >= 15 is 0 Å². The predicted molar refractivity (Wildman–Crippen MR) is 553 cm³/mol. The minimum absolute atomic E-state index is 0.106. The second-order valence-corrected chi connectivity index (χ2v) is 35.2. The summed E-state index contributed by atoms with van der Waals surface area (Å²) in [6.45, 7) is 4.68. The van der Waals surface area contributed by atoms with Crippen LogP contribution in [0.5, 0.6) is 0 Å². The third-order valence-electron chi connectivity index (χ3n) is 27.2. The van der Waals surface area contributed by atoms with Crippen molar-refractivity contribution in [1.82, 2.24) is 39.0 Å². The number of aromatic nitrogens is 8. The predicted octanol–water partition coefficient (Wildman–Crippen LogP) is 32.3. The monoisotopic (exact) mass is 1690 g/mol. The van der Waals surface area contributed by atoms with Gasteiger partial charge in [-0.05, 0) is 217 Å². The van der Waals surface area contributed by atoms with Crippen LogP contribution in [0, 0.1) is 0 Å². The molecule has 622 valence electrons. The molecule has 0 unspecified atom stereocenters. The molecule has 0 saturated carbocycles. The van der Waals surface area contributed by atoms with Gasteiger partial charge in [0, 0.05) is 96.5 Å². The summed E-state index contributed by atoms with van der Waals surface area (Å²) in [5.74, 6) is 1.35. The molecule has 19 aromatic carbocycles. The van der Waals surface area contributed by atoms with Crippen LogP contribution in [-0.4, -0.2) is 39.0 Å². The summed E-state index contributed by atoms with van der Waals surface area (Å²) in [5, 5.41) is 16.6. The van der Waals surface area contributed by atoms with Crippen LogP contribution in [0.2, 0.25) is 0 Å². The van der Waals surface area contributed by atoms with Gasteiger partial charge in [-0.2, -0.15) is 0 Å². The molecule has 6 heterocycles. The molecule has 6 aromatic heterocycles. The topological polar surface area (TPSA) is 87.2 Å². The Morgan fingerprint density at radius 2 is 0.541 bits per heavy atom. The first kappa shape index (κ1) is 77.8. The normalized spacial score (nSPS) is 12.2. The highest BCUT2D eigenvalue weighted by Gasteiger charge is 2.36. The molecule has 1 aliphatic carbocycles. The fraction of sp³-hybridized carbons (Fsp3) is 0.0240. The average Bonchev–Trinajstić information content (AvgIpc) is 1.55. The van der Waals surface area contributed by atoms with Gasteiger partial charge in [0.1, 0.15) is 0 Å². The van der Waals surface area contributed by atoms with E-state index in [1.165, 1.54) is 121 Å². The zero-order chi connectivity index (χ0) is 88.2. The third kappa shape index (κ3) is 13.4. The van der Waals surface area contributed by atoms with Crippen LogP contribution < -0.4 is 0 Å². The molecule has 8 heteroatoms. The van der Waals surface area contributed by atoms with E-state index in [4.69, 9.17) is 19.9 Å². The van der Waals surface area contributed by atoms with Crippen molar-refractivity contribution in [3.63, 3.8) is 0 Å². The molecule has 25 aromatic rings. The SMILES string of the molecule is CC1(C)c2ccccc2-c2ccc(-n3c4ccncc4c4cc(-c5cc(-c6ccccc6)nc(-c6cccc(-c7c8ccccc8c(-c8ccccc8)c8ccccc78)c6)n5)ccc43)cc21.c1ccc(-c2ccc(-n3c4ccncc4c4cc(-c5cc(-c6ccc7ccccc7c6)nc(-c6ccc(-c7c8ccccc8c(-c8ccccc8)c8ccccc78)cc6)n5)ccc43)cc2)cc1. The lowest BCUT2D eigenvalue weighted by Gasteiger charge is -2.22. The van der Waals surface area contributed by atoms with Crippen molar-refractivity contribution in [2.45, 2.75) is 19.3 Å². The van der Waals surface area contributed by atoms with Gasteiger partial charge in [0.25, 0.3) is 0 Å². The van der Waals surface area contributed by atoms with Gasteiger partial charge in [0.15, 0.2) is 11.6 Å². The number of hydrogen-bond donors (Lipinski definition) is 0. The Morgan fingerprint density at radius 3 is 1.06 bits per heavy atom. The highest BCUT2D eigenvalue weighted by Crippen LogP contribution is 2.52. The molecule has 26 rings (SSSR count). The maximum absolute atomic E-state index is 5.41. The van der Waals surface area contributed by atoms with Crippen LogP contribution in [0.4, 0.5) is 0 Å². The van der Waals surface area contributed by atoms with E-state index in [0.717, 1.165) is 122 Å². The van der Waals surface area contributed by atoms with Crippen LogP contribution in [0.1, 0.15) is 25.0 Å². The average molecular weight is 1700 g/mol. The zero-order valence-electron chi connectivity index (χ0n) is 73.0. The van der Waals surface area contributed by atoms with Crippen molar-refractivity contribution >= 4 is 97.5 Å². The minimum Gasteiger partial charge on any atom is -0.309 e. The lowest BCUT2D eigenvalue weighted by molar-refractivity contribution is 0.660. The Kier molecular flexibility index (Phi) is 18.8. The summed E-state index contributed by atoms with van der Waals surface area (Å²) in [6.07, 6.45) is 7.74. The highest BCUT2D eigenvalue weighted by atomic mass is 15.0. The van der Waals surface area contributed by atoms with Gasteiger partial charge < -0.3 is 9.13 Å². The van der Waals surface area contributed by atoms with Crippen LogP contribution >= 0.6 is 0 Å². The maximum atomic E-state index is 5.41. The first-order valence-electron chi connectivity index (χ1n) is 45.4. The number of nitrogens with zero attached hydrogens (tertiary/aromatic N) is 8. The molecule has 0 amide bonds. The summed E-state index contributed by atoms with van der Waals surface area (Å²) in [6, 6.07) is 157. The third-order valence-corrected chi connectivity index (χ3v) is 27.2. The molecule has 0 fully saturated rings. The van der Waals surface area contributed by atoms with E-state index in [2.05, 4.69) is 464 Å². The van der Waals surface area contributed by atoms with E-state index in [1.54, 1.807) is 0 Å². The first-order chi connectivity index (χ1) is 65.7.